The van der Waals surface area contributed by atoms with E-state index in [4.69, 9.17) is 0 Å². The van der Waals surface area contributed by atoms with Crippen LogP contribution >= 0.6 is 0 Å². The SMILES string of the molecule is CC(C)CN(C)CC(O)c1ccc(C(C)(C)C)cc1. The van der Waals surface area contributed by atoms with Crippen molar-refractivity contribution in [1.82, 2.24) is 4.90 Å². The molecule has 0 saturated heterocycles. The minimum Gasteiger partial charge on any atom is -0.387 e. The molecule has 1 aromatic rings. The lowest BCUT2D eigenvalue weighted by molar-refractivity contribution is 0.121. The van der Waals surface area contributed by atoms with E-state index in [0.717, 1.165) is 12.1 Å². The summed E-state index contributed by atoms with van der Waals surface area (Å²) in [6, 6.07) is 8.35. The summed E-state index contributed by atoms with van der Waals surface area (Å²) in [5.41, 5.74) is 2.47. The first kappa shape index (κ1) is 16.2. The molecule has 1 rings (SSSR count). The van der Waals surface area contributed by atoms with Crippen LogP contribution in [-0.4, -0.2) is 30.1 Å². The Morgan fingerprint density at radius 1 is 1.05 bits per heavy atom. The summed E-state index contributed by atoms with van der Waals surface area (Å²) in [6.07, 6.45) is -0.405. The second-order valence-electron chi connectivity index (χ2n) is 7.00. The maximum absolute atomic E-state index is 10.3. The fourth-order valence-corrected chi connectivity index (χ4v) is 2.30. The zero-order valence-electron chi connectivity index (χ0n) is 13.3. The predicted octanol–water partition coefficient (Wildman–Crippen LogP) is 3.61. The third-order valence-electron chi connectivity index (χ3n) is 3.32. The molecule has 0 bridgehead atoms. The van der Waals surface area contributed by atoms with Crippen molar-refractivity contribution in [1.29, 1.82) is 0 Å². The van der Waals surface area contributed by atoms with Crippen molar-refractivity contribution in [3.63, 3.8) is 0 Å². The lowest BCUT2D eigenvalue weighted by Crippen LogP contribution is -2.28. The predicted molar refractivity (Wildman–Crippen MR) is 82.4 cm³/mol. The lowest BCUT2D eigenvalue weighted by Gasteiger charge is -2.23. The summed E-state index contributed by atoms with van der Waals surface area (Å²) >= 11 is 0. The zero-order valence-corrected chi connectivity index (χ0v) is 13.3. The van der Waals surface area contributed by atoms with Gasteiger partial charge in [-0.15, -0.1) is 0 Å². The van der Waals surface area contributed by atoms with Crippen molar-refractivity contribution < 1.29 is 5.11 Å². The summed E-state index contributed by atoms with van der Waals surface area (Å²) < 4.78 is 0. The molecule has 1 unspecified atom stereocenters. The van der Waals surface area contributed by atoms with E-state index in [9.17, 15) is 5.11 Å². The Morgan fingerprint density at radius 3 is 2.00 bits per heavy atom. The van der Waals surface area contributed by atoms with Gasteiger partial charge < -0.3 is 10.0 Å². The molecule has 108 valence electrons. The van der Waals surface area contributed by atoms with E-state index < -0.39 is 6.10 Å². The minimum atomic E-state index is -0.405. The quantitative estimate of drug-likeness (QED) is 0.877. The third kappa shape index (κ3) is 5.33. The number of aliphatic hydroxyl groups excluding tert-OH is 1. The van der Waals surface area contributed by atoms with E-state index in [1.807, 2.05) is 0 Å². The monoisotopic (exact) mass is 263 g/mol. The number of hydrogen-bond acceptors (Lipinski definition) is 2. The van der Waals surface area contributed by atoms with Gasteiger partial charge in [-0.2, -0.15) is 0 Å². The van der Waals surface area contributed by atoms with Gasteiger partial charge in [0, 0.05) is 13.1 Å². The van der Waals surface area contributed by atoms with Crippen LogP contribution in [-0.2, 0) is 5.41 Å². The molecule has 0 heterocycles. The van der Waals surface area contributed by atoms with Crippen LogP contribution in [0, 0.1) is 5.92 Å². The molecule has 0 amide bonds. The molecule has 0 aliphatic rings. The molecule has 1 N–H and O–H groups in total. The Balaban J connectivity index is 2.65. The van der Waals surface area contributed by atoms with Gasteiger partial charge in [0.15, 0.2) is 0 Å². The van der Waals surface area contributed by atoms with Gasteiger partial charge in [-0.3, -0.25) is 0 Å². The highest BCUT2D eigenvalue weighted by Gasteiger charge is 2.15. The Hall–Kier alpha value is -0.860. The van der Waals surface area contributed by atoms with Crippen molar-refractivity contribution in [2.24, 2.45) is 5.92 Å². The van der Waals surface area contributed by atoms with E-state index in [0.29, 0.717) is 12.5 Å². The number of aliphatic hydroxyl groups is 1. The van der Waals surface area contributed by atoms with Crippen LogP contribution in [0.1, 0.15) is 51.8 Å². The molecule has 1 atom stereocenters. The standard InChI is InChI=1S/C17H29NO/c1-13(2)11-18(6)12-16(19)14-7-9-15(10-8-14)17(3,4)5/h7-10,13,16,19H,11-12H2,1-6H3. The first-order valence-electron chi connectivity index (χ1n) is 7.17. The maximum atomic E-state index is 10.3. The van der Waals surface area contributed by atoms with Crippen LogP contribution in [0.2, 0.25) is 0 Å². The second kappa shape index (κ2) is 6.53. The number of likely N-dealkylation sites (N-methyl/N-ethyl adjacent to an activating group) is 1. The largest absolute Gasteiger partial charge is 0.387 e. The molecular formula is C17H29NO. The van der Waals surface area contributed by atoms with Crippen LogP contribution in [0.4, 0.5) is 0 Å². The van der Waals surface area contributed by atoms with Gasteiger partial charge in [0.05, 0.1) is 6.10 Å². The smallest absolute Gasteiger partial charge is 0.0916 e. The van der Waals surface area contributed by atoms with Gasteiger partial charge in [-0.1, -0.05) is 58.9 Å². The van der Waals surface area contributed by atoms with Gasteiger partial charge in [0.1, 0.15) is 0 Å². The van der Waals surface area contributed by atoms with Gasteiger partial charge in [0.2, 0.25) is 0 Å². The van der Waals surface area contributed by atoms with Crippen LogP contribution < -0.4 is 0 Å². The van der Waals surface area contributed by atoms with Crippen LogP contribution in [0.15, 0.2) is 24.3 Å². The zero-order chi connectivity index (χ0) is 14.6. The molecular weight excluding hydrogens is 234 g/mol. The highest BCUT2D eigenvalue weighted by molar-refractivity contribution is 5.28. The molecule has 0 radical (unpaired) electrons. The van der Waals surface area contributed by atoms with E-state index in [-0.39, 0.29) is 5.41 Å². The van der Waals surface area contributed by atoms with Crippen LogP contribution in [0.25, 0.3) is 0 Å². The molecule has 0 aliphatic heterocycles. The Bertz CT molecular complexity index is 375. The first-order valence-corrected chi connectivity index (χ1v) is 7.17. The maximum Gasteiger partial charge on any atom is 0.0916 e. The average Bonchev–Trinajstić information content (AvgIpc) is 2.26. The molecule has 0 fully saturated rings. The number of benzene rings is 1. The molecule has 0 aliphatic carbocycles. The van der Waals surface area contributed by atoms with Crippen molar-refractivity contribution in [3.8, 4) is 0 Å². The summed E-state index contributed by atoms with van der Waals surface area (Å²) in [4.78, 5) is 2.19. The van der Waals surface area contributed by atoms with E-state index in [1.165, 1.54) is 5.56 Å². The van der Waals surface area contributed by atoms with Crippen molar-refractivity contribution >= 4 is 0 Å². The first-order chi connectivity index (χ1) is 8.70. The molecule has 1 aromatic carbocycles. The highest BCUT2D eigenvalue weighted by atomic mass is 16.3. The van der Waals surface area contributed by atoms with Crippen molar-refractivity contribution in [2.75, 3.05) is 20.1 Å². The highest BCUT2D eigenvalue weighted by Crippen LogP contribution is 2.24. The average molecular weight is 263 g/mol. The second-order valence-corrected chi connectivity index (χ2v) is 7.00. The Kier molecular flexibility index (Phi) is 5.57. The lowest BCUT2D eigenvalue weighted by atomic mass is 9.86. The van der Waals surface area contributed by atoms with E-state index in [1.54, 1.807) is 0 Å². The third-order valence-corrected chi connectivity index (χ3v) is 3.32. The number of nitrogens with zero attached hydrogens (tertiary/aromatic N) is 1. The molecule has 0 saturated carbocycles. The molecule has 2 nitrogen and oxygen atoms in total. The molecule has 0 aromatic heterocycles. The fourth-order valence-electron chi connectivity index (χ4n) is 2.30. The number of hydrogen-bond donors (Lipinski definition) is 1. The van der Waals surface area contributed by atoms with Gasteiger partial charge in [0.25, 0.3) is 0 Å². The van der Waals surface area contributed by atoms with Gasteiger partial charge >= 0.3 is 0 Å². The molecule has 19 heavy (non-hydrogen) atoms. The van der Waals surface area contributed by atoms with E-state index >= 15 is 0 Å². The fraction of sp³-hybridized carbons (Fsp3) is 0.647. The van der Waals surface area contributed by atoms with Crippen molar-refractivity contribution in [2.45, 2.75) is 46.1 Å². The van der Waals surface area contributed by atoms with Gasteiger partial charge in [-0.25, -0.2) is 0 Å². The molecule has 2 heteroatoms. The minimum absolute atomic E-state index is 0.165. The van der Waals surface area contributed by atoms with Crippen LogP contribution in [0.3, 0.4) is 0 Å². The summed E-state index contributed by atoms with van der Waals surface area (Å²) in [5.74, 6) is 0.625. The Morgan fingerprint density at radius 2 is 1.58 bits per heavy atom. The van der Waals surface area contributed by atoms with Crippen molar-refractivity contribution in [3.05, 3.63) is 35.4 Å². The topological polar surface area (TPSA) is 23.5 Å². The number of rotatable bonds is 5. The Labute approximate surface area is 118 Å². The van der Waals surface area contributed by atoms with E-state index in [2.05, 4.69) is 70.8 Å². The molecule has 0 spiro atoms. The van der Waals surface area contributed by atoms with Crippen LogP contribution in [0.5, 0.6) is 0 Å². The summed E-state index contributed by atoms with van der Waals surface area (Å²) in [5, 5.41) is 10.3. The summed E-state index contributed by atoms with van der Waals surface area (Å²) in [7, 11) is 2.06. The summed E-state index contributed by atoms with van der Waals surface area (Å²) in [6.45, 7) is 12.7. The van der Waals surface area contributed by atoms with Gasteiger partial charge in [-0.05, 0) is 29.5 Å². The normalized spacial score (nSPS) is 14.2.